The van der Waals surface area contributed by atoms with Gasteiger partial charge in [-0.1, -0.05) is 6.92 Å². The monoisotopic (exact) mass is 214 g/mol. The molecule has 0 aliphatic rings. The van der Waals surface area contributed by atoms with E-state index in [2.05, 4.69) is 12.2 Å². The number of aldehydes is 1. The van der Waals surface area contributed by atoms with E-state index in [-0.39, 0.29) is 12.0 Å². The molecule has 4 heteroatoms. The summed E-state index contributed by atoms with van der Waals surface area (Å²) in [5.41, 5.74) is -0.516. The van der Waals surface area contributed by atoms with Crippen LogP contribution in [0.5, 0.6) is 0 Å². The molecular formula is C11H20NO3. The lowest BCUT2D eigenvalue weighted by molar-refractivity contribution is -0.108. The van der Waals surface area contributed by atoms with E-state index in [0.717, 1.165) is 6.29 Å². The highest BCUT2D eigenvalue weighted by Gasteiger charge is 2.19. The van der Waals surface area contributed by atoms with Crippen molar-refractivity contribution in [3.63, 3.8) is 0 Å². The molecule has 1 unspecified atom stereocenters. The first-order valence-electron chi connectivity index (χ1n) is 5.02. The number of alkyl carbamates (subject to hydrolysis) is 1. The van der Waals surface area contributed by atoms with Gasteiger partial charge in [-0.25, -0.2) is 4.79 Å². The number of carbonyl (C=O) groups excluding carboxylic acids is 2. The molecule has 4 nitrogen and oxygen atoms in total. The van der Waals surface area contributed by atoms with Gasteiger partial charge < -0.3 is 14.8 Å². The second kappa shape index (κ2) is 5.73. The average molecular weight is 214 g/mol. The van der Waals surface area contributed by atoms with Crippen LogP contribution in [-0.4, -0.2) is 24.0 Å². The number of hydrogen-bond acceptors (Lipinski definition) is 3. The topological polar surface area (TPSA) is 55.4 Å². The molecule has 1 N–H and O–H groups in total. The molecule has 0 aromatic rings. The number of nitrogens with one attached hydrogen (secondary N) is 1. The van der Waals surface area contributed by atoms with Crippen LogP contribution in [0.2, 0.25) is 0 Å². The highest BCUT2D eigenvalue weighted by Crippen LogP contribution is 2.09. The van der Waals surface area contributed by atoms with Gasteiger partial charge in [-0.15, -0.1) is 0 Å². The minimum Gasteiger partial charge on any atom is -0.444 e. The SMILES string of the molecule is [CH2]C(NC(=O)OC(C)(C)C)[C@H](C)CC=O. The molecule has 0 rings (SSSR count). The summed E-state index contributed by atoms with van der Waals surface area (Å²) in [5, 5.41) is 2.59. The third-order valence-corrected chi connectivity index (χ3v) is 1.86. The molecule has 2 atom stereocenters. The Labute approximate surface area is 91.4 Å². The van der Waals surface area contributed by atoms with Crippen LogP contribution in [0.15, 0.2) is 0 Å². The molecule has 15 heavy (non-hydrogen) atoms. The van der Waals surface area contributed by atoms with Crippen molar-refractivity contribution < 1.29 is 14.3 Å². The fraction of sp³-hybridized carbons (Fsp3) is 0.727. The van der Waals surface area contributed by atoms with Gasteiger partial charge in [0.25, 0.3) is 0 Å². The maximum absolute atomic E-state index is 11.3. The second-order valence-corrected chi connectivity index (χ2v) is 4.63. The zero-order chi connectivity index (χ0) is 12.1. The molecule has 0 aromatic heterocycles. The van der Waals surface area contributed by atoms with E-state index in [0.29, 0.717) is 6.42 Å². The van der Waals surface area contributed by atoms with Gasteiger partial charge in [0.15, 0.2) is 0 Å². The van der Waals surface area contributed by atoms with Crippen LogP contribution >= 0.6 is 0 Å². The van der Waals surface area contributed by atoms with Crippen molar-refractivity contribution in [3.05, 3.63) is 6.92 Å². The first-order valence-corrected chi connectivity index (χ1v) is 5.02. The zero-order valence-electron chi connectivity index (χ0n) is 9.87. The summed E-state index contributed by atoms with van der Waals surface area (Å²) in [4.78, 5) is 21.6. The lowest BCUT2D eigenvalue weighted by atomic mass is 10.0. The van der Waals surface area contributed by atoms with Crippen molar-refractivity contribution in [1.29, 1.82) is 0 Å². The molecule has 0 spiro atoms. The van der Waals surface area contributed by atoms with Crippen molar-refractivity contribution in [2.45, 2.75) is 45.8 Å². The highest BCUT2D eigenvalue weighted by atomic mass is 16.6. The normalized spacial score (nSPS) is 15.3. The second-order valence-electron chi connectivity index (χ2n) is 4.63. The summed E-state index contributed by atoms with van der Waals surface area (Å²) in [7, 11) is 0. The van der Waals surface area contributed by atoms with E-state index >= 15 is 0 Å². The van der Waals surface area contributed by atoms with Crippen molar-refractivity contribution >= 4 is 12.4 Å². The standard InChI is InChI=1S/C11H20NO3/c1-8(6-7-13)9(2)12-10(14)15-11(3,4)5/h7-9H,2,6H2,1,3-5H3,(H,12,14)/t8-,9?/m1/s1. The Bertz CT molecular complexity index is 220. The van der Waals surface area contributed by atoms with Gasteiger partial charge >= 0.3 is 6.09 Å². The number of ether oxygens (including phenoxy) is 1. The van der Waals surface area contributed by atoms with E-state index in [4.69, 9.17) is 4.74 Å². The number of carbonyl (C=O) groups is 2. The van der Waals surface area contributed by atoms with Crippen molar-refractivity contribution in [3.8, 4) is 0 Å². The Morgan fingerprint density at radius 1 is 1.53 bits per heavy atom. The van der Waals surface area contributed by atoms with Gasteiger partial charge in [-0.05, 0) is 33.6 Å². The van der Waals surface area contributed by atoms with Crippen LogP contribution in [0.25, 0.3) is 0 Å². The summed E-state index contributed by atoms with van der Waals surface area (Å²) < 4.78 is 5.06. The van der Waals surface area contributed by atoms with Gasteiger partial charge in [0, 0.05) is 12.5 Å². The quantitative estimate of drug-likeness (QED) is 0.727. The van der Waals surface area contributed by atoms with Crippen molar-refractivity contribution in [1.82, 2.24) is 5.32 Å². The molecule has 87 valence electrons. The maximum Gasteiger partial charge on any atom is 0.407 e. The summed E-state index contributed by atoms with van der Waals surface area (Å²) >= 11 is 0. The molecule has 0 aromatic carbocycles. The Morgan fingerprint density at radius 3 is 2.47 bits per heavy atom. The van der Waals surface area contributed by atoms with Crippen LogP contribution in [-0.2, 0) is 9.53 Å². The third kappa shape index (κ3) is 6.94. The lowest BCUT2D eigenvalue weighted by Gasteiger charge is -2.24. The van der Waals surface area contributed by atoms with Gasteiger partial charge in [0.05, 0.1) is 0 Å². The minimum atomic E-state index is -0.516. The first kappa shape index (κ1) is 13.9. The van der Waals surface area contributed by atoms with E-state index in [1.54, 1.807) is 20.8 Å². The van der Waals surface area contributed by atoms with Crippen LogP contribution in [0.1, 0.15) is 34.1 Å². The Morgan fingerprint density at radius 2 is 2.07 bits per heavy atom. The van der Waals surface area contributed by atoms with E-state index in [9.17, 15) is 9.59 Å². The highest BCUT2D eigenvalue weighted by molar-refractivity contribution is 5.68. The molecule has 0 bridgehead atoms. The van der Waals surface area contributed by atoms with Gasteiger partial charge in [-0.3, -0.25) is 0 Å². The number of amides is 1. The van der Waals surface area contributed by atoms with E-state index in [1.807, 2.05) is 6.92 Å². The third-order valence-electron chi connectivity index (χ3n) is 1.86. The molecule has 1 radical (unpaired) electrons. The molecular weight excluding hydrogens is 194 g/mol. The fourth-order valence-electron chi connectivity index (χ4n) is 0.917. The fourth-order valence-corrected chi connectivity index (χ4v) is 0.917. The van der Waals surface area contributed by atoms with E-state index < -0.39 is 11.7 Å². The first-order chi connectivity index (χ1) is 6.76. The Balaban J connectivity index is 4.01. The minimum absolute atomic E-state index is 0.00928. The number of rotatable bonds is 4. The van der Waals surface area contributed by atoms with Crippen molar-refractivity contribution in [2.24, 2.45) is 5.92 Å². The predicted octanol–water partition coefficient (Wildman–Crippen LogP) is 1.94. The summed E-state index contributed by atoms with van der Waals surface area (Å²) in [6, 6.07) is -0.315. The molecule has 0 aliphatic carbocycles. The summed E-state index contributed by atoms with van der Waals surface area (Å²) in [6.07, 6.45) is 0.698. The Kier molecular flexibility index (Phi) is 5.33. The molecule has 1 amide bonds. The van der Waals surface area contributed by atoms with Crippen molar-refractivity contribution in [2.75, 3.05) is 0 Å². The molecule has 0 saturated carbocycles. The van der Waals surface area contributed by atoms with Crippen LogP contribution in [0, 0.1) is 12.8 Å². The zero-order valence-corrected chi connectivity index (χ0v) is 9.87. The van der Waals surface area contributed by atoms with Crippen LogP contribution in [0.3, 0.4) is 0 Å². The molecule has 0 saturated heterocycles. The lowest BCUT2D eigenvalue weighted by Crippen LogP contribution is -2.40. The molecule has 0 heterocycles. The number of hydrogen-bond donors (Lipinski definition) is 1. The van der Waals surface area contributed by atoms with E-state index in [1.165, 1.54) is 0 Å². The predicted molar refractivity (Wildman–Crippen MR) is 58.4 cm³/mol. The average Bonchev–Trinajstić information content (AvgIpc) is 2.00. The Hall–Kier alpha value is -1.06. The largest absolute Gasteiger partial charge is 0.444 e. The maximum atomic E-state index is 11.3. The van der Waals surface area contributed by atoms with Crippen LogP contribution in [0.4, 0.5) is 4.79 Å². The van der Waals surface area contributed by atoms with Crippen LogP contribution < -0.4 is 5.32 Å². The summed E-state index contributed by atoms with van der Waals surface area (Å²) in [5.74, 6) is 0.00928. The summed E-state index contributed by atoms with van der Waals surface area (Å²) in [6.45, 7) is 11.0. The van der Waals surface area contributed by atoms with Gasteiger partial charge in [0.1, 0.15) is 11.9 Å². The van der Waals surface area contributed by atoms with Gasteiger partial charge in [-0.2, -0.15) is 0 Å². The van der Waals surface area contributed by atoms with Gasteiger partial charge in [0.2, 0.25) is 0 Å². The smallest absolute Gasteiger partial charge is 0.407 e. The molecule has 0 fully saturated rings. The molecule has 0 aliphatic heterocycles.